The van der Waals surface area contributed by atoms with Crippen molar-refractivity contribution in [3.8, 4) is 22.9 Å². The van der Waals surface area contributed by atoms with Gasteiger partial charge in [0.25, 0.3) is 5.91 Å². The second kappa shape index (κ2) is 8.77. The molecular formula is C18H16ClN5O3S. The smallest absolute Gasteiger partial charge is 0.250 e. The number of hydrogen-bond donors (Lipinski definition) is 3. The van der Waals surface area contributed by atoms with Crippen molar-refractivity contribution >= 4 is 35.5 Å². The lowest BCUT2D eigenvalue weighted by molar-refractivity contribution is -0.118. The normalized spacial score (nSPS) is 11.1. The number of rotatable bonds is 6. The second-order valence-corrected chi connectivity index (χ2v) is 7.08. The van der Waals surface area contributed by atoms with Crippen molar-refractivity contribution < 1.29 is 15.0 Å². The fraction of sp³-hybridized carbons (Fsp3) is 0.111. The zero-order valence-corrected chi connectivity index (χ0v) is 16.3. The molecule has 0 unspecified atom stereocenters. The number of halogens is 1. The van der Waals surface area contributed by atoms with Crippen molar-refractivity contribution in [3.05, 3.63) is 53.1 Å². The van der Waals surface area contributed by atoms with Crippen molar-refractivity contribution in [1.82, 2.24) is 20.2 Å². The number of phenols is 2. The molecule has 0 spiro atoms. The number of carbonyl (C=O) groups excluding carboxylic acids is 1. The monoisotopic (exact) mass is 417 g/mol. The van der Waals surface area contributed by atoms with Gasteiger partial charge in [-0.15, -0.1) is 10.2 Å². The summed E-state index contributed by atoms with van der Waals surface area (Å²) in [4.78, 5) is 12.0. The van der Waals surface area contributed by atoms with Gasteiger partial charge in [0.2, 0.25) is 0 Å². The first-order chi connectivity index (χ1) is 13.4. The number of hydrazone groups is 1. The SMILES string of the molecule is Cn1c(SCC(=O)NN=Cc2ccc(O)cc2O)nnc1-c1ccc(Cl)cc1. The summed E-state index contributed by atoms with van der Waals surface area (Å²) in [5.41, 5.74) is 3.61. The third-order valence-electron chi connectivity index (χ3n) is 3.68. The summed E-state index contributed by atoms with van der Waals surface area (Å²) in [5, 5.41) is 32.2. The van der Waals surface area contributed by atoms with E-state index in [-0.39, 0.29) is 23.2 Å². The largest absolute Gasteiger partial charge is 0.508 e. The van der Waals surface area contributed by atoms with Crippen LogP contribution in [0.4, 0.5) is 0 Å². The Morgan fingerprint density at radius 1 is 1.25 bits per heavy atom. The van der Waals surface area contributed by atoms with Crippen LogP contribution in [0.2, 0.25) is 5.02 Å². The maximum atomic E-state index is 12.0. The maximum absolute atomic E-state index is 12.0. The number of nitrogens with zero attached hydrogens (tertiary/aromatic N) is 4. The highest BCUT2D eigenvalue weighted by Gasteiger charge is 2.12. The van der Waals surface area contributed by atoms with E-state index < -0.39 is 0 Å². The number of nitrogens with one attached hydrogen (secondary N) is 1. The molecule has 3 aromatic rings. The van der Waals surface area contributed by atoms with Gasteiger partial charge in [-0.2, -0.15) is 5.10 Å². The first-order valence-corrected chi connectivity index (χ1v) is 9.42. The molecular weight excluding hydrogens is 402 g/mol. The fourth-order valence-electron chi connectivity index (χ4n) is 2.27. The molecule has 3 rings (SSSR count). The zero-order chi connectivity index (χ0) is 20.1. The Kier molecular flexibility index (Phi) is 6.17. The number of carbonyl (C=O) groups is 1. The molecule has 3 N–H and O–H groups in total. The van der Waals surface area contributed by atoms with E-state index in [9.17, 15) is 15.0 Å². The van der Waals surface area contributed by atoms with E-state index in [1.54, 1.807) is 16.7 Å². The Labute approximate surface area is 169 Å². The summed E-state index contributed by atoms with van der Waals surface area (Å²) in [6, 6.07) is 11.3. The molecule has 0 aliphatic rings. The number of phenolic OH excluding ortho intramolecular Hbond substituents is 2. The standard InChI is InChI=1S/C18H16ClN5O3S/c1-24-17(11-2-5-13(19)6-3-11)22-23-18(24)28-10-16(27)21-20-9-12-4-7-14(25)8-15(12)26/h2-9,25-26H,10H2,1H3,(H,21,27). The third kappa shape index (κ3) is 4.81. The van der Waals surface area contributed by atoms with Gasteiger partial charge >= 0.3 is 0 Å². The van der Waals surface area contributed by atoms with Crippen LogP contribution in [0.25, 0.3) is 11.4 Å². The molecule has 1 amide bonds. The Morgan fingerprint density at radius 3 is 2.71 bits per heavy atom. The van der Waals surface area contributed by atoms with E-state index in [0.29, 0.717) is 21.6 Å². The number of aromatic hydroxyl groups is 2. The summed E-state index contributed by atoms with van der Waals surface area (Å²) in [6.07, 6.45) is 1.29. The van der Waals surface area contributed by atoms with Crippen molar-refractivity contribution in [3.63, 3.8) is 0 Å². The highest BCUT2D eigenvalue weighted by atomic mass is 35.5. The number of aromatic nitrogens is 3. The topological polar surface area (TPSA) is 113 Å². The molecule has 0 radical (unpaired) electrons. The molecule has 28 heavy (non-hydrogen) atoms. The molecule has 0 aliphatic heterocycles. The summed E-state index contributed by atoms with van der Waals surface area (Å²) in [5.74, 6) is 0.222. The summed E-state index contributed by atoms with van der Waals surface area (Å²) in [7, 11) is 1.82. The van der Waals surface area contributed by atoms with E-state index in [2.05, 4.69) is 20.7 Å². The maximum Gasteiger partial charge on any atom is 0.250 e. The highest BCUT2D eigenvalue weighted by Crippen LogP contribution is 2.24. The molecule has 0 fully saturated rings. The van der Waals surface area contributed by atoms with Crippen molar-refractivity contribution in [2.75, 3.05) is 5.75 Å². The Bertz CT molecular complexity index is 1020. The number of thioether (sulfide) groups is 1. The summed E-state index contributed by atoms with van der Waals surface area (Å²) < 4.78 is 1.79. The molecule has 8 nitrogen and oxygen atoms in total. The minimum Gasteiger partial charge on any atom is -0.508 e. The van der Waals surface area contributed by atoms with Crippen LogP contribution in [0.1, 0.15) is 5.56 Å². The molecule has 1 heterocycles. The van der Waals surface area contributed by atoms with Crippen LogP contribution in [0, 0.1) is 0 Å². The number of hydrogen-bond acceptors (Lipinski definition) is 7. The second-order valence-electron chi connectivity index (χ2n) is 5.70. The number of benzene rings is 2. The minimum atomic E-state index is -0.337. The van der Waals surface area contributed by atoms with Gasteiger partial charge in [0.15, 0.2) is 11.0 Å². The molecule has 144 valence electrons. The average Bonchev–Trinajstić information content (AvgIpc) is 3.03. The van der Waals surface area contributed by atoms with Crippen molar-refractivity contribution in [2.24, 2.45) is 12.1 Å². The lowest BCUT2D eigenvalue weighted by Crippen LogP contribution is -2.19. The molecule has 0 bridgehead atoms. The van der Waals surface area contributed by atoms with E-state index >= 15 is 0 Å². The predicted molar refractivity (Wildman–Crippen MR) is 108 cm³/mol. The lowest BCUT2D eigenvalue weighted by atomic mass is 10.2. The first kappa shape index (κ1) is 19.7. The Balaban J connectivity index is 1.56. The average molecular weight is 418 g/mol. The van der Waals surface area contributed by atoms with E-state index in [1.165, 1.54) is 36.2 Å². The molecule has 0 saturated heterocycles. The zero-order valence-electron chi connectivity index (χ0n) is 14.7. The van der Waals surface area contributed by atoms with Crippen LogP contribution in [0.15, 0.2) is 52.7 Å². The van der Waals surface area contributed by atoms with Gasteiger partial charge in [-0.3, -0.25) is 4.79 Å². The van der Waals surface area contributed by atoms with Crippen molar-refractivity contribution in [2.45, 2.75) is 5.16 Å². The first-order valence-electron chi connectivity index (χ1n) is 8.06. The molecule has 1 aromatic heterocycles. The van der Waals surface area contributed by atoms with Crippen molar-refractivity contribution in [1.29, 1.82) is 0 Å². The minimum absolute atomic E-state index is 0.0586. The lowest BCUT2D eigenvalue weighted by Gasteiger charge is -2.04. The van der Waals surface area contributed by atoms with E-state index in [4.69, 9.17) is 11.6 Å². The highest BCUT2D eigenvalue weighted by molar-refractivity contribution is 7.99. The third-order valence-corrected chi connectivity index (χ3v) is 4.95. The van der Waals surface area contributed by atoms with Crippen LogP contribution >= 0.6 is 23.4 Å². The Hall–Kier alpha value is -3.04. The van der Waals surface area contributed by atoms with Gasteiger partial charge in [-0.1, -0.05) is 23.4 Å². The summed E-state index contributed by atoms with van der Waals surface area (Å²) >= 11 is 7.12. The van der Waals surface area contributed by atoms with Crippen LogP contribution in [0.5, 0.6) is 11.5 Å². The molecule has 2 aromatic carbocycles. The summed E-state index contributed by atoms with van der Waals surface area (Å²) in [6.45, 7) is 0. The van der Waals surface area contributed by atoms with Crippen LogP contribution in [0.3, 0.4) is 0 Å². The van der Waals surface area contributed by atoms with E-state index in [1.807, 2.05) is 19.2 Å². The molecule has 0 aliphatic carbocycles. The van der Waals surface area contributed by atoms with Crippen LogP contribution in [-0.2, 0) is 11.8 Å². The van der Waals surface area contributed by atoms with Gasteiger partial charge in [0.1, 0.15) is 11.5 Å². The Morgan fingerprint density at radius 2 is 2.00 bits per heavy atom. The van der Waals surface area contributed by atoms with Gasteiger partial charge in [-0.25, -0.2) is 5.43 Å². The molecule has 10 heteroatoms. The van der Waals surface area contributed by atoms with Gasteiger partial charge in [-0.05, 0) is 36.4 Å². The van der Waals surface area contributed by atoms with Gasteiger partial charge < -0.3 is 14.8 Å². The van der Waals surface area contributed by atoms with Gasteiger partial charge in [0.05, 0.1) is 12.0 Å². The van der Waals surface area contributed by atoms with Crippen LogP contribution in [-0.4, -0.2) is 42.9 Å². The molecule has 0 atom stereocenters. The number of amides is 1. The predicted octanol–water partition coefficient (Wildman–Crippen LogP) is 2.79. The fourth-order valence-corrected chi connectivity index (χ4v) is 3.10. The molecule has 0 saturated carbocycles. The van der Waals surface area contributed by atoms with Gasteiger partial charge in [0, 0.05) is 29.3 Å². The van der Waals surface area contributed by atoms with E-state index in [0.717, 1.165) is 5.56 Å². The quantitative estimate of drug-likeness (QED) is 0.323. The van der Waals surface area contributed by atoms with Crippen LogP contribution < -0.4 is 5.43 Å².